The van der Waals surface area contributed by atoms with Crippen LogP contribution in [0, 0.1) is 0 Å². The molecule has 4 nitrogen and oxygen atoms in total. The Hall–Kier alpha value is -1.96. The molecular formula is C18H13BrN2O2S2. The molecule has 1 fully saturated rings. The number of anilines is 2. The van der Waals surface area contributed by atoms with Gasteiger partial charge in [-0.1, -0.05) is 58.1 Å². The van der Waals surface area contributed by atoms with Gasteiger partial charge in [0.15, 0.2) is 4.32 Å². The molecule has 0 unspecified atom stereocenters. The molecule has 0 aliphatic carbocycles. The molecule has 1 aliphatic heterocycles. The van der Waals surface area contributed by atoms with Crippen LogP contribution in [0.2, 0.25) is 0 Å². The number of benzene rings is 2. The minimum Gasteiger partial charge on any atom is -0.326 e. The van der Waals surface area contributed by atoms with E-state index in [9.17, 15) is 9.59 Å². The van der Waals surface area contributed by atoms with E-state index >= 15 is 0 Å². The lowest BCUT2D eigenvalue weighted by Gasteiger charge is -2.14. The Morgan fingerprint density at radius 2 is 1.96 bits per heavy atom. The Morgan fingerprint density at radius 1 is 1.24 bits per heavy atom. The second-order valence-electron chi connectivity index (χ2n) is 5.30. The number of halogens is 1. The summed E-state index contributed by atoms with van der Waals surface area (Å²) in [5.41, 5.74) is 2.32. The van der Waals surface area contributed by atoms with Crippen LogP contribution >= 0.6 is 39.9 Å². The van der Waals surface area contributed by atoms with Crippen molar-refractivity contribution in [1.29, 1.82) is 0 Å². The molecule has 7 heteroatoms. The SMILES string of the molecule is CC(=O)Nc1ccc(/C=C2\SC(=S)N(c3cccc(Br)c3)C2=O)cc1. The lowest BCUT2D eigenvalue weighted by molar-refractivity contribution is -0.114. The summed E-state index contributed by atoms with van der Waals surface area (Å²) in [4.78, 5) is 25.9. The van der Waals surface area contributed by atoms with E-state index in [0.717, 1.165) is 15.7 Å². The lowest BCUT2D eigenvalue weighted by Crippen LogP contribution is -2.27. The number of carbonyl (C=O) groups excluding carboxylic acids is 2. The molecule has 25 heavy (non-hydrogen) atoms. The molecule has 2 aromatic carbocycles. The summed E-state index contributed by atoms with van der Waals surface area (Å²) in [6, 6.07) is 14.7. The molecule has 126 valence electrons. The Morgan fingerprint density at radius 3 is 2.60 bits per heavy atom. The third-order valence-corrected chi connectivity index (χ3v) is 5.18. The van der Waals surface area contributed by atoms with Gasteiger partial charge >= 0.3 is 0 Å². The first-order valence-corrected chi connectivity index (χ1v) is 9.37. The van der Waals surface area contributed by atoms with Crippen molar-refractivity contribution in [2.45, 2.75) is 6.92 Å². The maximum Gasteiger partial charge on any atom is 0.270 e. The Kier molecular flexibility index (Phi) is 5.36. The molecule has 0 saturated carbocycles. The van der Waals surface area contributed by atoms with Crippen LogP contribution in [0.15, 0.2) is 57.9 Å². The number of amides is 2. The largest absolute Gasteiger partial charge is 0.326 e. The van der Waals surface area contributed by atoms with Gasteiger partial charge in [-0.25, -0.2) is 0 Å². The van der Waals surface area contributed by atoms with Crippen LogP contribution in [0.3, 0.4) is 0 Å². The monoisotopic (exact) mass is 432 g/mol. The molecule has 1 saturated heterocycles. The average molecular weight is 433 g/mol. The van der Waals surface area contributed by atoms with Crippen LogP contribution in [-0.4, -0.2) is 16.1 Å². The van der Waals surface area contributed by atoms with Crippen molar-refractivity contribution in [2.75, 3.05) is 10.2 Å². The second kappa shape index (κ2) is 7.51. The smallest absolute Gasteiger partial charge is 0.270 e. The minimum atomic E-state index is -0.140. The minimum absolute atomic E-state index is 0.123. The van der Waals surface area contributed by atoms with E-state index in [4.69, 9.17) is 12.2 Å². The molecule has 1 heterocycles. The van der Waals surface area contributed by atoms with Gasteiger partial charge in [0.25, 0.3) is 5.91 Å². The standard InChI is InChI=1S/C18H13BrN2O2S2/c1-11(22)20-14-7-5-12(6-8-14)9-16-17(23)21(18(24)25-16)15-4-2-3-13(19)10-15/h2-10H,1H3,(H,20,22)/b16-9-. The van der Waals surface area contributed by atoms with Gasteiger partial charge in [-0.2, -0.15) is 0 Å². The van der Waals surface area contributed by atoms with E-state index in [1.54, 1.807) is 18.2 Å². The van der Waals surface area contributed by atoms with Crippen LogP contribution in [-0.2, 0) is 9.59 Å². The zero-order valence-electron chi connectivity index (χ0n) is 13.2. The van der Waals surface area contributed by atoms with Crippen molar-refractivity contribution < 1.29 is 9.59 Å². The first kappa shape index (κ1) is 17.8. The van der Waals surface area contributed by atoms with E-state index in [2.05, 4.69) is 21.2 Å². The van der Waals surface area contributed by atoms with Crippen molar-refractivity contribution in [3.8, 4) is 0 Å². The van der Waals surface area contributed by atoms with Crippen LogP contribution in [0.25, 0.3) is 6.08 Å². The fourth-order valence-electron chi connectivity index (χ4n) is 2.32. The number of hydrogen-bond acceptors (Lipinski definition) is 4. The summed E-state index contributed by atoms with van der Waals surface area (Å²) in [5.74, 6) is -0.262. The van der Waals surface area contributed by atoms with Gasteiger partial charge in [-0.05, 0) is 42.0 Å². The van der Waals surface area contributed by atoms with Gasteiger partial charge in [0.2, 0.25) is 5.91 Å². The van der Waals surface area contributed by atoms with Gasteiger partial charge in [0.05, 0.1) is 10.6 Å². The first-order chi connectivity index (χ1) is 11.9. The van der Waals surface area contributed by atoms with Gasteiger partial charge in [-0.3, -0.25) is 14.5 Å². The van der Waals surface area contributed by atoms with E-state index in [1.165, 1.54) is 23.6 Å². The summed E-state index contributed by atoms with van der Waals surface area (Å²) in [7, 11) is 0. The van der Waals surface area contributed by atoms with E-state index in [-0.39, 0.29) is 11.8 Å². The first-order valence-electron chi connectivity index (χ1n) is 7.35. The normalized spacial score (nSPS) is 15.8. The topological polar surface area (TPSA) is 49.4 Å². The van der Waals surface area contributed by atoms with Crippen LogP contribution in [0.4, 0.5) is 11.4 Å². The van der Waals surface area contributed by atoms with Crippen LogP contribution in [0.5, 0.6) is 0 Å². The fourth-order valence-corrected chi connectivity index (χ4v) is 4.01. The predicted molar refractivity (Wildman–Crippen MR) is 111 cm³/mol. The molecule has 3 rings (SSSR count). The third kappa shape index (κ3) is 4.18. The molecule has 2 amide bonds. The zero-order valence-corrected chi connectivity index (χ0v) is 16.4. The van der Waals surface area contributed by atoms with Crippen molar-refractivity contribution in [1.82, 2.24) is 0 Å². The maximum absolute atomic E-state index is 12.7. The van der Waals surface area contributed by atoms with Crippen LogP contribution < -0.4 is 10.2 Å². The second-order valence-corrected chi connectivity index (χ2v) is 7.89. The van der Waals surface area contributed by atoms with Crippen molar-refractivity contribution in [3.05, 3.63) is 63.5 Å². The van der Waals surface area contributed by atoms with Crippen molar-refractivity contribution >= 4 is 73.5 Å². The van der Waals surface area contributed by atoms with E-state index in [1.807, 2.05) is 36.4 Å². The fraction of sp³-hybridized carbons (Fsp3) is 0.0556. The molecule has 1 aliphatic rings. The van der Waals surface area contributed by atoms with Crippen molar-refractivity contribution in [2.24, 2.45) is 0 Å². The number of nitrogens with one attached hydrogen (secondary N) is 1. The number of carbonyl (C=O) groups is 2. The van der Waals surface area contributed by atoms with Gasteiger partial charge in [0.1, 0.15) is 0 Å². The molecule has 1 N–H and O–H groups in total. The predicted octanol–water partition coefficient (Wildman–Crippen LogP) is 4.81. The van der Waals surface area contributed by atoms with Gasteiger partial charge < -0.3 is 5.32 Å². The molecule has 0 spiro atoms. The Bertz CT molecular complexity index is 894. The number of nitrogens with zero attached hydrogens (tertiary/aromatic N) is 1. The number of hydrogen-bond donors (Lipinski definition) is 1. The summed E-state index contributed by atoms with van der Waals surface area (Å²) in [5, 5.41) is 2.71. The highest BCUT2D eigenvalue weighted by Gasteiger charge is 2.33. The van der Waals surface area contributed by atoms with Crippen LogP contribution in [0.1, 0.15) is 12.5 Å². The Balaban J connectivity index is 1.84. The molecule has 0 atom stereocenters. The molecule has 2 aromatic rings. The number of thiocarbonyl (C=S) groups is 1. The van der Waals surface area contributed by atoms with Crippen molar-refractivity contribution in [3.63, 3.8) is 0 Å². The molecule has 0 bridgehead atoms. The molecule has 0 radical (unpaired) electrons. The average Bonchev–Trinajstić information content (AvgIpc) is 2.83. The Labute approximate surface area is 163 Å². The number of rotatable bonds is 3. The summed E-state index contributed by atoms with van der Waals surface area (Å²) >= 11 is 10.1. The summed E-state index contributed by atoms with van der Waals surface area (Å²) in [6.45, 7) is 1.46. The van der Waals surface area contributed by atoms with Gasteiger partial charge in [0, 0.05) is 17.1 Å². The lowest BCUT2D eigenvalue weighted by atomic mass is 10.2. The van der Waals surface area contributed by atoms with E-state index < -0.39 is 0 Å². The number of thioether (sulfide) groups is 1. The zero-order chi connectivity index (χ0) is 18.0. The quantitative estimate of drug-likeness (QED) is 0.558. The maximum atomic E-state index is 12.7. The third-order valence-electron chi connectivity index (χ3n) is 3.39. The summed E-state index contributed by atoms with van der Waals surface area (Å²) < 4.78 is 1.39. The summed E-state index contributed by atoms with van der Waals surface area (Å²) in [6.07, 6.45) is 1.80. The highest BCUT2D eigenvalue weighted by molar-refractivity contribution is 9.10. The van der Waals surface area contributed by atoms with Gasteiger partial charge in [-0.15, -0.1) is 0 Å². The highest BCUT2D eigenvalue weighted by atomic mass is 79.9. The molecule has 0 aromatic heterocycles. The van der Waals surface area contributed by atoms with E-state index in [0.29, 0.717) is 14.9 Å². The molecular weight excluding hydrogens is 420 g/mol. The highest BCUT2D eigenvalue weighted by Crippen LogP contribution is 2.36.